The Bertz CT molecular complexity index is 248. The van der Waals surface area contributed by atoms with E-state index >= 15 is 0 Å². The highest BCUT2D eigenvalue weighted by molar-refractivity contribution is 7.99. The van der Waals surface area contributed by atoms with Crippen molar-refractivity contribution in [1.29, 1.82) is 0 Å². The number of rotatable bonds is 4. The Kier molecular flexibility index (Phi) is 4.26. The van der Waals surface area contributed by atoms with Gasteiger partial charge >= 0.3 is 0 Å². The number of amides is 1. The van der Waals surface area contributed by atoms with Crippen LogP contribution in [0.4, 0.5) is 0 Å². The molecule has 2 atom stereocenters. The van der Waals surface area contributed by atoms with Gasteiger partial charge in [0.15, 0.2) is 0 Å². The van der Waals surface area contributed by atoms with E-state index < -0.39 is 0 Å². The highest BCUT2D eigenvalue weighted by Gasteiger charge is 2.43. The van der Waals surface area contributed by atoms with Crippen LogP contribution in [0.3, 0.4) is 0 Å². The molecule has 2 aliphatic carbocycles. The summed E-state index contributed by atoms with van der Waals surface area (Å²) in [4.78, 5) is 11.5. The third-order valence-electron chi connectivity index (χ3n) is 2.83. The summed E-state index contributed by atoms with van der Waals surface area (Å²) < 4.78 is 3.28. The molecule has 2 rings (SSSR count). The number of hydrogen-bond donors (Lipinski definition) is 1. The number of allylic oxidation sites excluding steroid dienone is 1. The van der Waals surface area contributed by atoms with Gasteiger partial charge in [0, 0.05) is 10.7 Å². The Morgan fingerprint density at radius 2 is 2.13 bits per heavy atom. The van der Waals surface area contributed by atoms with Crippen molar-refractivity contribution < 1.29 is 4.79 Å². The minimum Gasteiger partial charge on any atom is -0.299 e. The predicted octanol–water partition coefficient (Wildman–Crippen LogP) is 3.15. The van der Waals surface area contributed by atoms with Crippen LogP contribution in [0, 0.1) is 11.8 Å². The first-order valence-electron chi connectivity index (χ1n) is 5.75. The van der Waals surface area contributed by atoms with Crippen molar-refractivity contribution in [3.05, 3.63) is 12.7 Å². The molecule has 0 aromatic heterocycles. The zero-order valence-corrected chi connectivity index (χ0v) is 10.7. The Balaban J connectivity index is 0.000000531. The normalized spacial score (nSPS) is 29.5. The molecule has 2 aliphatic rings. The van der Waals surface area contributed by atoms with Gasteiger partial charge in [-0.2, -0.15) is 0 Å². The molecule has 0 aromatic carbocycles. The maximum atomic E-state index is 11.5. The van der Waals surface area contributed by atoms with Crippen LogP contribution in [0.5, 0.6) is 0 Å². The summed E-state index contributed by atoms with van der Waals surface area (Å²) in [6.07, 6.45) is 5.33. The van der Waals surface area contributed by atoms with Gasteiger partial charge in [0.1, 0.15) is 0 Å². The molecule has 2 nitrogen and oxygen atoms in total. The van der Waals surface area contributed by atoms with E-state index in [2.05, 4.69) is 18.2 Å². The van der Waals surface area contributed by atoms with Gasteiger partial charge in [0.2, 0.25) is 5.91 Å². The van der Waals surface area contributed by atoms with Gasteiger partial charge in [-0.1, -0.05) is 19.9 Å². The van der Waals surface area contributed by atoms with Crippen molar-refractivity contribution in [3.63, 3.8) is 0 Å². The highest BCUT2D eigenvalue weighted by atomic mass is 32.2. The molecule has 0 radical (unpaired) electrons. The first kappa shape index (κ1) is 12.6. The second-order valence-corrected chi connectivity index (χ2v) is 5.65. The lowest BCUT2D eigenvalue weighted by Crippen LogP contribution is -2.21. The number of carbonyl (C=O) groups excluding carboxylic acids is 1. The summed E-state index contributed by atoms with van der Waals surface area (Å²) in [6.45, 7) is 9.88. The molecule has 1 N–H and O–H groups in total. The van der Waals surface area contributed by atoms with E-state index in [1.165, 1.54) is 12.8 Å². The van der Waals surface area contributed by atoms with Crippen molar-refractivity contribution in [1.82, 2.24) is 4.72 Å². The zero-order valence-electron chi connectivity index (χ0n) is 9.88. The van der Waals surface area contributed by atoms with E-state index in [9.17, 15) is 4.79 Å². The molecule has 15 heavy (non-hydrogen) atoms. The average Bonchev–Trinajstić information content (AvgIpc) is 3.14. The van der Waals surface area contributed by atoms with E-state index in [0.717, 1.165) is 6.42 Å². The quantitative estimate of drug-likeness (QED) is 0.590. The smallest absolute Gasteiger partial charge is 0.233 e. The number of carbonyl (C=O) groups is 1. The van der Waals surface area contributed by atoms with Gasteiger partial charge in [0.05, 0.1) is 0 Å². The third-order valence-corrected chi connectivity index (χ3v) is 4.04. The lowest BCUT2D eigenvalue weighted by Gasteiger charge is -2.08. The first-order valence-corrected chi connectivity index (χ1v) is 6.57. The summed E-state index contributed by atoms with van der Waals surface area (Å²) in [5.41, 5.74) is 0. The molecule has 0 heterocycles. The SMILES string of the molecule is C=C[C@@H]1C[C@@H]1C(=O)NSC1(C)CC1.CC. The van der Waals surface area contributed by atoms with Crippen LogP contribution in [-0.4, -0.2) is 10.7 Å². The Morgan fingerprint density at radius 3 is 2.53 bits per heavy atom. The first-order chi connectivity index (χ1) is 7.14. The standard InChI is InChI=1S/C10H15NOS.C2H6/c1-3-7-6-8(7)9(12)11-13-10(2)4-5-10;1-2/h3,7-8H,1,4-6H2,2H3,(H,11,12);1-2H3/t7-,8+;/m1./s1. The van der Waals surface area contributed by atoms with Crippen molar-refractivity contribution in [2.24, 2.45) is 11.8 Å². The van der Waals surface area contributed by atoms with Crippen molar-refractivity contribution in [2.75, 3.05) is 0 Å². The fraction of sp³-hybridized carbons (Fsp3) is 0.750. The van der Waals surface area contributed by atoms with Gasteiger partial charge in [-0.3, -0.25) is 9.52 Å². The molecule has 0 bridgehead atoms. The average molecular weight is 227 g/mol. The lowest BCUT2D eigenvalue weighted by molar-refractivity contribution is -0.120. The fourth-order valence-electron chi connectivity index (χ4n) is 1.30. The molecular weight excluding hydrogens is 206 g/mol. The summed E-state index contributed by atoms with van der Waals surface area (Å²) in [5, 5.41) is 0. The molecule has 0 aliphatic heterocycles. The highest BCUT2D eigenvalue weighted by Crippen LogP contribution is 2.47. The van der Waals surface area contributed by atoms with E-state index in [-0.39, 0.29) is 11.8 Å². The number of hydrogen-bond acceptors (Lipinski definition) is 2. The van der Waals surface area contributed by atoms with Gasteiger partial charge in [-0.25, -0.2) is 0 Å². The Morgan fingerprint density at radius 1 is 1.53 bits per heavy atom. The second-order valence-electron chi connectivity index (χ2n) is 4.26. The summed E-state index contributed by atoms with van der Waals surface area (Å²) >= 11 is 1.60. The second kappa shape index (κ2) is 5.06. The minimum atomic E-state index is 0.197. The topological polar surface area (TPSA) is 29.1 Å². The molecule has 2 fully saturated rings. The molecular formula is C12H21NOS. The number of nitrogens with one attached hydrogen (secondary N) is 1. The maximum Gasteiger partial charge on any atom is 0.233 e. The lowest BCUT2D eigenvalue weighted by atomic mass is 10.3. The van der Waals surface area contributed by atoms with Gasteiger partial charge < -0.3 is 0 Å². The largest absolute Gasteiger partial charge is 0.299 e. The van der Waals surface area contributed by atoms with E-state index in [4.69, 9.17) is 0 Å². The molecule has 86 valence electrons. The molecule has 2 saturated carbocycles. The van der Waals surface area contributed by atoms with Crippen LogP contribution >= 0.6 is 11.9 Å². The molecule has 1 amide bonds. The van der Waals surface area contributed by atoms with E-state index in [0.29, 0.717) is 10.7 Å². The summed E-state index contributed by atoms with van der Waals surface area (Å²) in [7, 11) is 0. The van der Waals surface area contributed by atoms with Gasteiger partial charge in [-0.15, -0.1) is 6.58 Å². The molecule has 3 heteroatoms. The minimum absolute atomic E-state index is 0.197. The van der Waals surface area contributed by atoms with E-state index in [1.54, 1.807) is 11.9 Å². The Labute approximate surface area is 97.0 Å². The Hall–Kier alpha value is -0.440. The molecule has 0 aromatic rings. The third kappa shape index (κ3) is 3.56. The van der Waals surface area contributed by atoms with Crippen molar-refractivity contribution in [2.45, 2.75) is 44.8 Å². The summed E-state index contributed by atoms with van der Waals surface area (Å²) in [5.74, 6) is 0.850. The van der Waals surface area contributed by atoms with Crippen molar-refractivity contribution >= 4 is 17.9 Å². The van der Waals surface area contributed by atoms with Crippen LogP contribution in [-0.2, 0) is 4.79 Å². The predicted molar refractivity (Wildman–Crippen MR) is 66.5 cm³/mol. The van der Waals surface area contributed by atoms with Crippen molar-refractivity contribution in [3.8, 4) is 0 Å². The van der Waals surface area contributed by atoms with Crippen LogP contribution in [0.1, 0.15) is 40.0 Å². The van der Waals surface area contributed by atoms with Crippen LogP contribution in [0.15, 0.2) is 12.7 Å². The molecule has 0 saturated heterocycles. The van der Waals surface area contributed by atoms with Crippen LogP contribution in [0.2, 0.25) is 0 Å². The van der Waals surface area contributed by atoms with Crippen LogP contribution < -0.4 is 4.72 Å². The maximum absolute atomic E-state index is 11.5. The molecule has 0 spiro atoms. The molecule has 0 unspecified atom stereocenters. The summed E-state index contributed by atoms with van der Waals surface area (Å²) in [6, 6.07) is 0. The van der Waals surface area contributed by atoms with E-state index in [1.807, 2.05) is 19.9 Å². The monoisotopic (exact) mass is 227 g/mol. The van der Waals surface area contributed by atoms with Gasteiger partial charge in [0.25, 0.3) is 0 Å². The van der Waals surface area contributed by atoms with Crippen LogP contribution in [0.25, 0.3) is 0 Å². The zero-order chi connectivity index (χ0) is 11.5. The van der Waals surface area contributed by atoms with Gasteiger partial charge in [-0.05, 0) is 44.1 Å². The fourth-order valence-corrected chi connectivity index (χ4v) is 2.11.